The molecule has 2 aromatic rings. The molecular formula is C24H25F4N5O3S. The van der Waals surface area contributed by atoms with Gasteiger partial charge >= 0.3 is 6.18 Å². The van der Waals surface area contributed by atoms with Crippen LogP contribution < -0.4 is 10.2 Å². The van der Waals surface area contributed by atoms with Gasteiger partial charge in [-0.05, 0) is 57.2 Å². The number of aromatic nitrogens is 2. The average molecular weight is 540 g/mol. The summed E-state index contributed by atoms with van der Waals surface area (Å²) in [5, 5.41) is 16.7. The molecule has 0 unspecified atom stereocenters. The molecule has 13 heteroatoms. The Labute approximate surface area is 211 Å². The van der Waals surface area contributed by atoms with Crippen LogP contribution in [0.4, 0.5) is 23.4 Å². The summed E-state index contributed by atoms with van der Waals surface area (Å²) in [7, 11) is -4.27. The highest BCUT2D eigenvalue weighted by Gasteiger charge is 2.49. The zero-order chi connectivity index (χ0) is 26.8. The van der Waals surface area contributed by atoms with E-state index in [1.54, 1.807) is 17.7 Å². The molecular weight excluding hydrogens is 514 g/mol. The van der Waals surface area contributed by atoms with Crippen molar-refractivity contribution in [3.63, 3.8) is 0 Å². The topological polar surface area (TPSA) is 114 Å². The maximum absolute atomic E-state index is 13.7. The number of hydrogen-bond donors (Lipinski definition) is 3. The number of benzene rings is 1. The third kappa shape index (κ3) is 4.58. The second-order valence-corrected chi connectivity index (χ2v) is 11.8. The molecule has 1 atom stereocenters. The predicted octanol–water partition coefficient (Wildman–Crippen LogP) is 5.48. The summed E-state index contributed by atoms with van der Waals surface area (Å²) >= 11 is 0. The van der Waals surface area contributed by atoms with Crippen LogP contribution >= 0.6 is 10.6 Å². The molecule has 1 amide bonds. The van der Waals surface area contributed by atoms with Gasteiger partial charge in [0.05, 0.1) is 33.2 Å². The van der Waals surface area contributed by atoms with Crippen molar-refractivity contribution in [1.82, 2.24) is 15.1 Å². The molecule has 2 heterocycles. The number of nitriles is 1. The summed E-state index contributed by atoms with van der Waals surface area (Å²) < 4.78 is 78.8. The van der Waals surface area contributed by atoms with Gasteiger partial charge in [0.1, 0.15) is 23.2 Å². The monoisotopic (exact) mass is 539 g/mol. The van der Waals surface area contributed by atoms with Crippen molar-refractivity contribution in [1.29, 1.82) is 5.26 Å². The van der Waals surface area contributed by atoms with Crippen molar-refractivity contribution < 1.29 is 31.5 Å². The Hall–Kier alpha value is -3.08. The Balaban J connectivity index is 1.57. The van der Waals surface area contributed by atoms with E-state index in [2.05, 4.69) is 16.5 Å². The van der Waals surface area contributed by atoms with E-state index in [0.717, 1.165) is 25.3 Å². The lowest BCUT2D eigenvalue weighted by molar-refractivity contribution is -0.140. The van der Waals surface area contributed by atoms with Gasteiger partial charge in [0, 0.05) is 18.7 Å². The molecule has 3 aliphatic rings. The number of amides is 1. The molecule has 198 valence electrons. The van der Waals surface area contributed by atoms with Crippen molar-refractivity contribution in [2.24, 2.45) is 0 Å². The smallest absolute Gasteiger partial charge is 0.336 e. The summed E-state index contributed by atoms with van der Waals surface area (Å²) in [6.45, 7) is 1.77. The number of nitrogens with one attached hydrogen (secondary N) is 1. The van der Waals surface area contributed by atoms with Crippen molar-refractivity contribution in [2.45, 2.75) is 74.1 Å². The molecule has 0 radical (unpaired) electrons. The van der Waals surface area contributed by atoms with E-state index in [9.17, 15) is 36.7 Å². The summed E-state index contributed by atoms with van der Waals surface area (Å²) in [5.74, 6) is -1.24. The minimum absolute atomic E-state index is 0.0769. The summed E-state index contributed by atoms with van der Waals surface area (Å²) in [4.78, 5) is 13.8. The normalized spacial score (nSPS) is 21.7. The molecule has 0 saturated heterocycles. The Morgan fingerprint density at radius 1 is 1.27 bits per heavy atom. The zero-order valence-corrected chi connectivity index (χ0v) is 20.6. The first-order valence-corrected chi connectivity index (χ1v) is 13.3. The standard InChI is InChI=1S/C24H25F4N5O3S/c1-14-9-21(33(31-14)16-3-2-4-16)32-12-17(11-19(32)22(34)30-23(13-29)7-8-23)37(35,36)20-6-5-15(25)10-18(20)24(26,27)28/h5-6,9-10,12,16,19,35-36H,2-4,7-8,11H2,1H3,(H,30,34)/t19-/m0/s1. The fourth-order valence-corrected chi connectivity index (χ4v) is 6.31. The van der Waals surface area contributed by atoms with Gasteiger partial charge in [-0.25, -0.2) is 9.07 Å². The molecule has 2 saturated carbocycles. The zero-order valence-electron chi connectivity index (χ0n) is 19.8. The van der Waals surface area contributed by atoms with Crippen LogP contribution in [0.2, 0.25) is 0 Å². The number of hydrogen-bond acceptors (Lipinski definition) is 6. The van der Waals surface area contributed by atoms with Gasteiger partial charge in [-0.3, -0.25) is 13.9 Å². The van der Waals surface area contributed by atoms with E-state index in [-0.39, 0.29) is 23.4 Å². The number of rotatable bonds is 6. The number of nitrogens with zero attached hydrogens (tertiary/aromatic N) is 4. The molecule has 1 aromatic heterocycles. The van der Waals surface area contributed by atoms with Gasteiger partial charge < -0.3 is 10.2 Å². The molecule has 0 spiro atoms. The molecule has 2 aliphatic carbocycles. The van der Waals surface area contributed by atoms with Gasteiger partial charge in [-0.1, -0.05) is 0 Å². The van der Waals surface area contributed by atoms with Crippen LogP contribution in [0.25, 0.3) is 0 Å². The van der Waals surface area contributed by atoms with Gasteiger partial charge in [0.25, 0.3) is 0 Å². The summed E-state index contributed by atoms with van der Waals surface area (Å²) in [6, 6.07) is 4.48. The first kappa shape index (κ1) is 25.6. The van der Waals surface area contributed by atoms with Crippen LogP contribution in [-0.4, -0.2) is 36.4 Å². The van der Waals surface area contributed by atoms with E-state index in [4.69, 9.17) is 0 Å². The molecule has 8 nitrogen and oxygen atoms in total. The summed E-state index contributed by atoms with van der Waals surface area (Å²) in [6.07, 6.45) is -0.382. The number of alkyl halides is 3. The number of carbonyl (C=O) groups excluding carboxylic acids is 1. The quantitative estimate of drug-likeness (QED) is 0.419. The lowest BCUT2D eigenvalue weighted by Crippen LogP contribution is -2.48. The lowest BCUT2D eigenvalue weighted by Gasteiger charge is -2.35. The molecule has 37 heavy (non-hydrogen) atoms. The van der Waals surface area contributed by atoms with Gasteiger partial charge in [0.15, 0.2) is 0 Å². The SMILES string of the molecule is Cc1cc(N2C=C(S(O)(O)c3ccc(F)cc3C(F)(F)F)C[C@H]2C(=O)NC2(C#N)CC2)n(C2CCC2)n1. The molecule has 3 N–H and O–H groups in total. The number of halogens is 4. The van der Waals surface area contributed by atoms with Crippen LogP contribution in [-0.2, 0) is 11.0 Å². The number of aryl methyl sites for hydroxylation is 1. The Kier molecular flexibility index (Phi) is 6.04. The largest absolute Gasteiger partial charge is 0.418 e. The number of carbonyl (C=O) groups is 1. The third-order valence-electron chi connectivity index (χ3n) is 7.09. The predicted molar refractivity (Wildman–Crippen MR) is 127 cm³/mol. The molecule has 5 rings (SSSR count). The molecule has 1 aromatic carbocycles. The highest BCUT2D eigenvalue weighted by atomic mass is 32.3. The van der Waals surface area contributed by atoms with Gasteiger partial charge in [-0.2, -0.15) is 23.5 Å². The van der Waals surface area contributed by atoms with Crippen molar-refractivity contribution in [3.05, 3.63) is 52.4 Å². The van der Waals surface area contributed by atoms with E-state index < -0.39 is 50.5 Å². The Morgan fingerprint density at radius 2 is 1.97 bits per heavy atom. The number of anilines is 1. The Morgan fingerprint density at radius 3 is 2.54 bits per heavy atom. The van der Waals surface area contributed by atoms with Crippen molar-refractivity contribution in [2.75, 3.05) is 4.90 Å². The van der Waals surface area contributed by atoms with Crippen LogP contribution in [0.1, 0.15) is 55.8 Å². The second kappa shape index (κ2) is 8.75. The minimum Gasteiger partial charge on any atom is -0.336 e. The second-order valence-electron chi connectivity index (χ2n) is 9.77. The van der Waals surface area contributed by atoms with Crippen LogP contribution in [0.5, 0.6) is 0 Å². The maximum Gasteiger partial charge on any atom is 0.418 e. The van der Waals surface area contributed by atoms with Gasteiger partial charge in [-0.15, -0.1) is 10.6 Å². The fraction of sp³-hybridized carbons (Fsp3) is 0.458. The fourth-order valence-electron chi connectivity index (χ4n) is 4.64. The maximum atomic E-state index is 13.7. The first-order valence-electron chi connectivity index (χ1n) is 11.8. The lowest BCUT2D eigenvalue weighted by atomic mass is 9.93. The third-order valence-corrected chi connectivity index (χ3v) is 9.06. The van der Waals surface area contributed by atoms with Crippen LogP contribution in [0.3, 0.4) is 0 Å². The van der Waals surface area contributed by atoms with E-state index >= 15 is 0 Å². The van der Waals surface area contributed by atoms with E-state index in [0.29, 0.717) is 30.4 Å². The first-order chi connectivity index (χ1) is 17.3. The van der Waals surface area contributed by atoms with Gasteiger partial charge in [0.2, 0.25) is 5.91 Å². The van der Waals surface area contributed by atoms with Crippen molar-refractivity contribution >= 4 is 22.3 Å². The summed E-state index contributed by atoms with van der Waals surface area (Å²) in [5.41, 5.74) is -1.84. The molecule has 1 aliphatic heterocycles. The van der Waals surface area contributed by atoms with Crippen LogP contribution in [0, 0.1) is 24.1 Å². The average Bonchev–Trinajstić information content (AvgIpc) is 3.23. The minimum atomic E-state index is -5.04. The van der Waals surface area contributed by atoms with E-state index in [1.165, 1.54) is 11.1 Å². The molecule has 2 fully saturated rings. The van der Waals surface area contributed by atoms with E-state index in [1.807, 2.05) is 0 Å². The highest BCUT2D eigenvalue weighted by molar-refractivity contribution is 8.27. The highest BCUT2D eigenvalue weighted by Crippen LogP contribution is 2.61. The molecule has 0 bridgehead atoms. The van der Waals surface area contributed by atoms with Crippen LogP contribution in [0.15, 0.2) is 40.3 Å². The Bertz CT molecular complexity index is 1320. The van der Waals surface area contributed by atoms with Crippen molar-refractivity contribution in [3.8, 4) is 6.07 Å².